The van der Waals surface area contributed by atoms with Crippen LogP contribution in [0.2, 0.25) is 0 Å². The first-order chi connectivity index (χ1) is 10.7. The van der Waals surface area contributed by atoms with E-state index in [-0.39, 0.29) is 0 Å². The number of rotatable bonds is 4. The van der Waals surface area contributed by atoms with E-state index in [1.54, 1.807) is 0 Å². The largest absolute Gasteiger partial charge is 0.388 e. The van der Waals surface area contributed by atoms with Gasteiger partial charge in [0.2, 0.25) is 0 Å². The first-order valence-corrected chi connectivity index (χ1v) is 10.1. The summed E-state index contributed by atoms with van der Waals surface area (Å²) in [6.45, 7) is 9.98. The Labute approximate surface area is 140 Å². The van der Waals surface area contributed by atoms with Gasteiger partial charge in [-0.3, -0.25) is 0 Å². The fourth-order valence-electron chi connectivity index (χ4n) is 3.52. The van der Waals surface area contributed by atoms with E-state index in [0.29, 0.717) is 11.8 Å². The molecule has 0 radical (unpaired) electrons. The van der Waals surface area contributed by atoms with E-state index in [2.05, 4.69) is 25.7 Å². The monoisotopic (exact) mass is 307 g/mol. The zero-order valence-corrected chi connectivity index (χ0v) is 15.5. The third kappa shape index (κ3) is 10.3. The van der Waals surface area contributed by atoms with Gasteiger partial charge in [-0.2, -0.15) is 0 Å². The number of allylic oxidation sites excluding steroid dienone is 1. The van der Waals surface area contributed by atoms with E-state index in [1.807, 2.05) is 0 Å². The van der Waals surface area contributed by atoms with E-state index in [4.69, 9.17) is 0 Å². The lowest BCUT2D eigenvalue weighted by molar-refractivity contribution is 0.425. The van der Waals surface area contributed by atoms with Crippen molar-refractivity contribution in [3.05, 3.63) is 12.3 Å². The molecule has 1 aliphatic carbocycles. The average molecular weight is 308 g/mol. The van der Waals surface area contributed by atoms with Crippen LogP contribution in [0.3, 0.4) is 0 Å². The molecule has 0 bridgehead atoms. The van der Waals surface area contributed by atoms with Crippen molar-refractivity contribution in [2.24, 2.45) is 11.8 Å². The fraction of sp³-hybridized carbons (Fsp3) is 0.905. The van der Waals surface area contributed by atoms with Gasteiger partial charge < -0.3 is 5.32 Å². The van der Waals surface area contributed by atoms with Gasteiger partial charge in [0, 0.05) is 12.2 Å². The Morgan fingerprint density at radius 1 is 0.773 bits per heavy atom. The topological polar surface area (TPSA) is 12.0 Å². The molecule has 0 aromatic rings. The zero-order chi connectivity index (χ0) is 16.0. The van der Waals surface area contributed by atoms with Crippen LogP contribution in [0, 0.1) is 11.8 Å². The standard InChI is InChI=1S/C21H41N/c1-19(2)18-22-20(3)21-16-14-12-10-8-6-4-5-7-9-11-13-15-17-21/h19,21-22H,3-18H2,1-2H3. The predicted molar refractivity (Wildman–Crippen MR) is 100 cm³/mol. The molecule has 0 amide bonds. The highest BCUT2D eigenvalue weighted by Crippen LogP contribution is 2.24. The first kappa shape index (κ1) is 19.6. The molecular formula is C21H41N. The summed E-state index contributed by atoms with van der Waals surface area (Å²) in [5.41, 5.74) is 1.32. The Morgan fingerprint density at radius 2 is 1.14 bits per heavy atom. The van der Waals surface area contributed by atoms with Crippen LogP contribution in [0.25, 0.3) is 0 Å². The lowest BCUT2D eigenvalue weighted by Gasteiger charge is -2.22. The molecule has 0 aromatic carbocycles. The van der Waals surface area contributed by atoms with Crippen LogP contribution in [-0.4, -0.2) is 6.54 Å². The van der Waals surface area contributed by atoms with E-state index in [0.717, 1.165) is 6.54 Å². The molecule has 0 atom stereocenters. The van der Waals surface area contributed by atoms with Crippen LogP contribution >= 0.6 is 0 Å². The Morgan fingerprint density at radius 3 is 1.50 bits per heavy atom. The maximum absolute atomic E-state index is 4.36. The second-order valence-electron chi connectivity index (χ2n) is 7.82. The van der Waals surface area contributed by atoms with Gasteiger partial charge >= 0.3 is 0 Å². The summed E-state index contributed by atoms with van der Waals surface area (Å²) in [5.74, 6) is 1.42. The maximum atomic E-state index is 4.36. The molecular weight excluding hydrogens is 266 g/mol. The second-order valence-corrected chi connectivity index (χ2v) is 7.82. The summed E-state index contributed by atoms with van der Waals surface area (Å²) in [6.07, 6.45) is 20.0. The van der Waals surface area contributed by atoms with Gasteiger partial charge in [0.05, 0.1) is 0 Å². The molecule has 0 spiro atoms. The average Bonchev–Trinajstić information content (AvgIpc) is 2.51. The van der Waals surface area contributed by atoms with Gasteiger partial charge in [0.1, 0.15) is 0 Å². The maximum Gasteiger partial charge on any atom is 0.0166 e. The van der Waals surface area contributed by atoms with E-state index >= 15 is 0 Å². The minimum absolute atomic E-state index is 0.707. The van der Waals surface area contributed by atoms with E-state index in [1.165, 1.54) is 95.6 Å². The van der Waals surface area contributed by atoms with Gasteiger partial charge in [-0.1, -0.05) is 97.5 Å². The Hall–Kier alpha value is -0.460. The third-order valence-corrected chi connectivity index (χ3v) is 5.09. The van der Waals surface area contributed by atoms with Crippen LogP contribution in [0.4, 0.5) is 0 Å². The first-order valence-electron chi connectivity index (χ1n) is 10.1. The highest BCUT2D eigenvalue weighted by atomic mass is 14.9. The molecule has 22 heavy (non-hydrogen) atoms. The minimum Gasteiger partial charge on any atom is -0.388 e. The summed E-state index contributed by atoms with van der Waals surface area (Å²) in [4.78, 5) is 0. The Kier molecular flexibility index (Phi) is 11.6. The molecule has 1 aliphatic rings. The molecule has 1 rings (SSSR count). The molecule has 1 fully saturated rings. The zero-order valence-electron chi connectivity index (χ0n) is 15.5. The highest BCUT2D eigenvalue weighted by Gasteiger charge is 2.12. The van der Waals surface area contributed by atoms with E-state index < -0.39 is 0 Å². The third-order valence-electron chi connectivity index (χ3n) is 5.09. The summed E-state index contributed by atoms with van der Waals surface area (Å²) in [5, 5.41) is 3.60. The van der Waals surface area contributed by atoms with Gasteiger partial charge in [0.25, 0.3) is 0 Å². The Bertz CT molecular complexity index is 253. The van der Waals surface area contributed by atoms with Crippen LogP contribution < -0.4 is 5.32 Å². The smallest absolute Gasteiger partial charge is 0.0166 e. The molecule has 0 unspecified atom stereocenters. The lowest BCUT2D eigenvalue weighted by Crippen LogP contribution is -2.23. The van der Waals surface area contributed by atoms with Crippen molar-refractivity contribution < 1.29 is 0 Å². The van der Waals surface area contributed by atoms with E-state index in [9.17, 15) is 0 Å². The predicted octanol–water partition coefficient (Wildman–Crippen LogP) is 6.84. The number of hydrogen-bond donors (Lipinski definition) is 1. The van der Waals surface area contributed by atoms with Crippen LogP contribution in [0.5, 0.6) is 0 Å². The summed E-state index contributed by atoms with van der Waals surface area (Å²) in [6, 6.07) is 0. The molecule has 1 N–H and O–H groups in total. The number of hydrogen-bond acceptors (Lipinski definition) is 1. The van der Waals surface area contributed by atoms with Crippen LogP contribution in [0.1, 0.15) is 104 Å². The molecule has 0 heterocycles. The lowest BCUT2D eigenvalue weighted by atomic mass is 9.91. The molecule has 0 aliphatic heterocycles. The molecule has 1 nitrogen and oxygen atoms in total. The fourth-order valence-corrected chi connectivity index (χ4v) is 3.52. The van der Waals surface area contributed by atoms with Crippen molar-refractivity contribution >= 4 is 0 Å². The van der Waals surface area contributed by atoms with Crippen molar-refractivity contribution in [2.75, 3.05) is 6.54 Å². The van der Waals surface area contributed by atoms with Crippen molar-refractivity contribution in [1.82, 2.24) is 5.32 Å². The van der Waals surface area contributed by atoms with Gasteiger partial charge in [-0.05, 0) is 24.7 Å². The van der Waals surface area contributed by atoms with Crippen LogP contribution in [-0.2, 0) is 0 Å². The molecule has 1 heteroatoms. The normalized spacial score (nSPS) is 21.0. The van der Waals surface area contributed by atoms with Crippen molar-refractivity contribution in [2.45, 2.75) is 104 Å². The van der Waals surface area contributed by atoms with Crippen molar-refractivity contribution in [3.8, 4) is 0 Å². The van der Waals surface area contributed by atoms with Gasteiger partial charge in [-0.15, -0.1) is 0 Å². The molecule has 0 saturated heterocycles. The van der Waals surface area contributed by atoms with Crippen molar-refractivity contribution in [3.63, 3.8) is 0 Å². The molecule has 1 saturated carbocycles. The Balaban J connectivity index is 2.36. The summed E-state index contributed by atoms with van der Waals surface area (Å²) >= 11 is 0. The van der Waals surface area contributed by atoms with Crippen molar-refractivity contribution in [1.29, 1.82) is 0 Å². The summed E-state index contributed by atoms with van der Waals surface area (Å²) in [7, 11) is 0. The van der Waals surface area contributed by atoms with Crippen LogP contribution in [0.15, 0.2) is 12.3 Å². The van der Waals surface area contributed by atoms with Gasteiger partial charge in [0.15, 0.2) is 0 Å². The SMILES string of the molecule is C=C(NCC(C)C)C1CCCCCCCCCCCCCC1. The quantitative estimate of drug-likeness (QED) is 0.599. The van der Waals surface area contributed by atoms with Gasteiger partial charge in [-0.25, -0.2) is 0 Å². The minimum atomic E-state index is 0.707. The molecule has 0 aromatic heterocycles. The summed E-state index contributed by atoms with van der Waals surface area (Å²) < 4.78 is 0. The second kappa shape index (κ2) is 13.0. The molecule has 130 valence electrons. The number of nitrogens with one attached hydrogen (secondary N) is 1. The highest BCUT2D eigenvalue weighted by molar-refractivity contribution is 4.98.